The predicted octanol–water partition coefficient (Wildman–Crippen LogP) is 3.79. The highest BCUT2D eigenvalue weighted by molar-refractivity contribution is 5.76. The maximum Gasteiger partial charge on any atom is 0.133 e. The van der Waals surface area contributed by atoms with E-state index < -0.39 is 0 Å². The zero-order valence-corrected chi connectivity index (χ0v) is 10.4. The highest BCUT2D eigenvalue weighted by atomic mass is 16.5. The van der Waals surface area contributed by atoms with Gasteiger partial charge in [-0.05, 0) is 24.6 Å². The van der Waals surface area contributed by atoms with E-state index in [0.29, 0.717) is 6.42 Å². The van der Waals surface area contributed by atoms with E-state index in [9.17, 15) is 4.79 Å². The molecule has 2 aromatic carbocycles. The van der Waals surface area contributed by atoms with Gasteiger partial charge in [0.2, 0.25) is 0 Å². The van der Waals surface area contributed by atoms with Crippen LogP contribution in [0.15, 0.2) is 60.7 Å². The molecule has 2 rings (SSSR count). The number of para-hydroxylation sites is 1. The van der Waals surface area contributed by atoms with Gasteiger partial charge >= 0.3 is 0 Å². The lowest BCUT2D eigenvalue weighted by molar-refractivity contribution is -0.118. The van der Waals surface area contributed by atoms with Gasteiger partial charge in [0.05, 0.1) is 0 Å². The van der Waals surface area contributed by atoms with Gasteiger partial charge in [0.15, 0.2) is 0 Å². The largest absolute Gasteiger partial charge is 0.485 e. The summed E-state index contributed by atoms with van der Waals surface area (Å²) in [6, 6.07) is 19.4. The van der Waals surface area contributed by atoms with E-state index in [1.165, 1.54) is 0 Å². The molecule has 92 valence electrons. The molecule has 0 aromatic heterocycles. The molecule has 0 aliphatic carbocycles. The van der Waals surface area contributed by atoms with Gasteiger partial charge in [-0.2, -0.15) is 0 Å². The Morgan fingerprint density at radius 1 is 1.00 bits per heavy atom. The number of hydrogen-bond donors (Lipinski definition) is 0. The fraction of sp³-hybridized carbons (Fsp3) is 0.188. The van der Waals surface area contributed by atoms with Crippen LogP contribution in [0.4, 0.5) is 0 Å². The van der Waals surface area contributed by atoms with Crippen molar-refractivity contribution in [2.24, 2.45) is 0 Å². The van der Waals surface area contributed by atoms with E-state index in [2.05, 4.69) is 0 Å². The van der Waals surface area contributed by atoms with Gasteiger partial charge in [-0.25, -0.2) is 0 Å². The molecule has 0 aliphatic rings. The Morgan fingerprint density at radius 3 is 2.11 bits per heavy atom. The Morgan fingerprint density at radius 2 is 1.56 bits per heavy atom. The Hall–Kier alpha value is -2.09. The Labute approximate surface area is 107 Å². The first-order valence-electron chi connectivity index (χ1n) is 6.02. The minimum Gasteiger partial charge on any atom is -0.485 e. The van der Waals surface area contributed by atoms with Crippen LogP contribution >= 0.6 is 0 Å². The average Bonchev–Trinajstić information content (AvgIpc) is 2.40. The van der Waals surface area contributed by atoms with E-state index in [4.69, 9.17) is 4.74 Å². The number of carbonyl (C=O) groups excluding carboxylic acids is 1. The average molecular weight is 240 g/mol. The van der Waals surface area contributed by atoms with E-state index in [1.807, 2.05) is 60.7 Å². The number of carbonyl (C=O) groups is 1. The molecular weight excluding hydrogens is 224 g/mol. The predicted molar refractivity (Wildman–Crippen MR) is 71.6 cm³/mol. The summed E-state index contributed by atoms with van der Waals surface area (Å²) < 4.78 is 5.89. The Bertz CT molecular complexity index is 491. The molecule has 0 fully saturated rings. The Kier molecular flexibility index (Phi) is 4.13. The number of Topliss-reactive ketones (excluding diaryl/α,β-unsaturated/α-hetero) is 1. The third-order valence-corrected chi connectivity index (χ3v) is 2.67. The molecule has 0 amide bonds. The zero-order valence-electron chi connectivity index (χ0n) is 10.4. The SMILES string of the molecule is CC(=O)CC(Oc1ccccc1)c1ccccc1. The quantitative estimate of drug-likeness (QED) is 0.794. The summed E-state index contributed by atoms with van der Waals surface area (Å²) >= 11 is 0. The number of benzene rings is 2. The van der Waals surface area contributed by atoms with Crippen LogP contribution in [0, 0.1) is 0 Å². The molecule has 2 aromatic rings. The van der Waals surface area contributed by atoms with Crippen molar-refractivity contribution in [2.45, 2.75) is 19.4 Å². The van der Waals surface area contributed by atoms with Crippen molar-refractivity contribution < 1.29 is 9.53 Å². The molecule has 0 N–H and O–H groups in total. The van der Waals surface area contributed by atoms with E-state index in [-0.39, 0.29) is 11.9 Å². The first-order valence-corrected chi connectivity index (χ1v) is 6.02. The van der Waals surface area contributed by atoms with E-state index in [0.717, 1.165) is 11.3 Å². The lowest BCUT2D eigenvalue weighted by Gasteiger charge is -2.18. The molecular formula is C16H16O2. The van der Waals surface area contributed by atoms with E-state index >= 15 is 0 Å². The second-order valence-electron chi connectivity index (χ2n) is 4.24. The number of hydrogen-bond acceptors (Lipinski definition) is 2. The summed E-state index contributed by atoms with van der Waals surface area (Å²) in [6.07, 6.45) is 0.171. The van der Waals surface area contributed by atoms with Crippen LogP contribution < -0.4 is 4.74 Å². The summed E-state index contributed by atoms with van der Waals surface area (Å²) in [7, 11) is 0. The van der Waals surface area contributed by atoms with Gasteiger partial charge < -0.3 is 4.74 Å². The van der Waals surface area contributed by atoms with Crippen LogP contribution in [-0.4, -0.2) is 5.78 Å². The second kappa shape index (κ2) is 6.01. The highest BCUT2D eigenvalue weighted by Crippen LogP contribution is 2.24. The van der Waals surface area contributed by atoms with Gasteiger partial charge in [-0.3, -0.25) is 4.79 Å². The van der Waals surface area contributed by atoms with Gasteiger partial charge in [-0.1, -0.05) is 48.5 Å². The van der Waals surface area contributed by atoms with Crippen molar-refractivity contribution in [3.05, 3.63) is 66.2 Å². The summed E-state index contributed by atoms with van der Waals surface area (Å²) in [5, 5.41) is 0. The van der Waals surface area contributed by atoms with Crippen LogP contribution in [0.5, 0.6) is 5.75 Å². The minimum absolute atomic E-state index is 0.125. The second-order valence-corrected chi connectivity index (χ2v) is 4.24. The molecule has 18 heavy (non-hydrogen) atoms. The molecule has 1 atom stereocenters. The molecule has 0 saturated heterocycles. The summed E-state index contributed by atoms with van der Waals surface area (Å²) in [6.45, 7) is 1.59. The van der Waals surface area contributed by atoms with Gasteiger partial charge in [0.25, 0.3) is 0 Å². The standard InChI is InChI=1S/C16H16O2/c1-13(17)12-16(14-8-4-2-5-9-14)18-15-10-6-3-7-11-15/h2-11,16H,12H2,1H3. The first kappa shape index (κ1) is 12.4. The van der Waals surface area contributed by atoms with Crippen molar-refractivity contribution in [1.29, 1.82) is 0 Å². The normalized spacial score (nSPS) is 11.8. The number of ether oxygens (including phenoxy) is 1. The fourth-order valence-electron chi connectivity index (χ4n) is 1.82. The van der Waals surface area contributed by atoms with E-state index in [1.54, 1.807) is 6.92 Å². The van der Waals surface area contributed by atoms with Gasteiger partial charge in [-0.15, -0.1) is 0 Å². The number of rotatable bonds is 5. The molecule has 0 aliphatic heterocycles. The lowest BCUT2D eigenvalue weighted by Crippen LogP contribution is -2.11. The van der Waals surface area contributed by atoms with Crippen molar-refractivity contribution in [1.82, 2.24) is 0 Å². The van der Waals surface area contributed by atoms with Crippen molar-refractivity contribution in [3.63, 3.8) is 0 Å². The van der Waals surface area contributed by atoms with Gasteiger partial charge in [0.1, 0.15) is 17.6 Å². The molecule has 0 spiro atoms. The molecule has 0 radical (unpaired) electrons. The topological polar surface area (TPSA) is 26.3 Å². The molecule has 2 heteroatoms. The smallest absolute Gasteiger partial charge is 0.133 e. The van der Waals surface area contributed by atoms with Crippen LogP contribution in [0.1, 0.15) is 25.0 Å². The van der Waals surface area contributed by atoms with Crippen molar-refractivity contribution in [2.75, 3.05) is 0 Å². The lowest BCUT2D eigenvalue weighted by atomic mass is 10.0. The van der Waals surface area contributed by atoms with Crippen LogP contribution in [-0.2, 0) is 4.79 Å². The third kappa shape index (κ3) is 3.45. The minimum atomic E-state index is -0.217. The summed E-state index contributed by atoms with van der Waals surface area (Å²) in [5.74, 6) is 0.910. The summed E-state index contributed by atoms with van der Waals surface area (Å²) in [5.41, 5.74) is 1.02. The molecule has 0 bridgehead atoms. The van der Waals surface area contributed by atoms with Crippen molar-refractivity contribution in [3.8, 4) is 5.75 Å². The van der Waals surface area contributed by atoms with Crippen LogP contribution in [0.2, 0.25) is 0 Å². The van der Waals surface area contributed by atoms with Gasteiger partial charge in [0, 0.05) is 6.42 Å². The molecule has 0 saturated carbocycles. The maximum absolute atomic E-state index is 11.3. The zero-order chi connectivity index (χ0) is 12.8. The fourth-order valence-corrected chi connectivity index (χ4v) is 1.82. The molecule has 0 heterocycles. The highest BCUT2D eigenvalue weighted by Gasteiger charge is 2.15. The maximum atomic E-state index is 11.3. The van der Waals surface area contributed by atoms with Crippen molar-refractivity contribution >= 4 is 5.78 Å². The van der Waals surface area contributed by atoms with Crippen LogP contribution in [0.25, 0.3) is 0 Å². The number of ketones is 1. The Balaban J connectivity index is 2.18. The molecule has 2 nitrogen and oxygen atoms in total. The third-order valence-electron chi connectivity index (χ3n) is 2.67. The first-order chi connectivity index (χ1) is 8.75. The summed E-state index contributed by atoms with van der Waals surface area (Å²) in [4.78, 5) is 11.3. The van der Waals surface area contributed by atoms with Crippen LogP contribution in [0.3, 0.4) is 0 Å². The monoisotopic (exact) mass is 240 g/mol. The molecule has 1 unspecified atom stereocenters.